The lowest BCUT2D eigenvalue weighted by molar-refractivity contribution is -0.298. The van der Waals surface area contributed by atoms with Gasteiger partial charge in [-0.25, -0.2) is 4.18 Å². The maximum Gasteiger partial charge on any atom is 0.397 e. The van der Waals surface area contributed by atoms with Crippen molar-refractivity contribution in [1.82, 2.24) is 5.32 Å². The number of ether oxygens (including phenoxy) is 2. The molecule has 67 heavy (non-hydrogen) atoms. The molecule has 1 heterocycles. The Labute approximate surface area is 410 Å². The fourth-order valence-electron chi connectivity index (χ4n) is 9.22. The number of carbonyl (C=O) groups excluding carboxylic acids is 1. The smallest absolute Gasteiger partial charge is 0.394 e. The molecule has 1 aliphatic rings. The first-order valence-corrected chi connectivity index (χ1v) is 29.4. The number of aliphatic hydroxyl groups is 4. The molecule has 13 heteroatoms. The zero-order valence-corrected chi connectivity index (χ0v) is 43.8. The number of carbonyl (C=O) groups is 1. The van der Waals surface area contributed by atoms with Gasteiger partial charge in [0.1, 0.15) is 24.4 Å². The van der Waals surface area contributed by atoms with Gasteiger partial charge in [-0.3, -0.25) is 9.35 Å². The van der Waals surface area contributed by atoms with E-state index in [1.54, 1.807) is 0 Å². The molecule has 1 rings (SSSR count). The van der Waals surface area contributed by atoms with Crippen LogP contribution in [0.3, 0.4) is 0 Å². The molecule has 398 valence electrons. The number of rotatable bonds is 49. The number of unbranched alkanes of at least 4 members (excludes halogenated alkanes) is 35. The highest BCUT2D eigenvalue weighted by Crippen LogP contribution is 2.26. The number of allylic oxidation sites excluding steroid dienone is 2. The van der Waals surface area contributed by atoms with Crippen LogP contribution < -0.4 is 5.32 Å². The van der Waals surface area contributed by atoms with Crippen molar-refractivity contribution in [3.05, 3.63) is 12.2 Å². The number of aliphatic hydroxyl groups excluding tert-OH is 4. The Morgan fingerprint density at radius 3 is 1.34 bits per heavy atom. The van der Waals surface area contributed by atoms with Crippen LogP contribution in [0, 0.1) is 0 Å². The predicted octanol–water partition coefficient (Wildman–Crippen LogP) is 12.7. The molecule has 1 amide bonds. The zero-order valence-electron chi connectivity index (χ0n) is 43.0. The van der Waals surface area contributed by atoms with Crippen molar-refractivity contribution in [2.45, 2.75) is 314 Å². The van der Waals surface area contributed by atoms with Crippen molar-refractivity contribution >= 4 is 16.3 Å². The van der Waals surface area contributed by atoms with Gasteiger partial charge in [0.15, 0.2) is 6.29 Å². The van der Waals surface area contributed by atoms with E-state index in [4.69, 9.17) is 9.47 Å². The highest BCUT2D eigenvalue weighted by molar-refractivity contribution is 7.80. The van der Waals surface area contributed by atoms with Crippen LogP contribution in [0.5, 0.6) is 0 Å². The summed E-state index contributed by atoms with van der Waals surface area (Å²) in [5.41, 5.74) is 0. The van der Waals surface area contributed by atoms with Gasteiger partial charge < -0.3 is 35.2 Å². The van der Waals surface area contributed by atoms with E-state index in [1.807, 2.05) is 0 Å². The minimum Gasteiger partial charge on any atom is -0.394 e. The van der Waals surface area contributed by atoms with Gasteiger partial charge in [-0.15, -0.1) is 0 Å². The lowest BCUT2D eigenvalue weighted by Crippen LogP contribution is -2.61. The van der Waals surface area contributed by atoms with Crippen molar-refractivity contribution in [3.8, 4) is 0 Å². The van der Waals surface area contributed by atoms with Crippen molar-refractivity contribution in [1.29, 1.82) is 0 Å². The van der Waals surface area contributed by atoms with Crippen LogP contribution in [-0.4, -0.2) is 95.4 Å². The molecular weight excluding hydrogens is 871 g/mol. The third kappa shape index (κ3) is 37.3. The molecule has 0 aromatic heterocycles. The predicted molar refractivity (Wildman–Crippen MR) is 273 cm³/mol. The van der Waals surface area contributed by atoms with Crippen molar-refractivity contribution in [2.24, 2.45) is 0 Å². The van der Waals surface area contributed by atoms with Gasteiger partial charge in [0, 0.05) is 6.42 Å². The third-order valence-corrected chi connectivity index (χ3v) is 14.0. The van der Waals surface area contributed by atoms with Crippen LogP contribution in [0.15, 0.2) is 12.2 Å². The second kappa shape index (κ2) is 44.8. The summed E-state index contributed by atoms with van der Waals surface area (Å²) in [5.74, 6) is -0.227. The normalized spacial score (nSPS) is 19.9. The summed E-state index contributed by atoms with van der Waals surface area (Å²) < 4.78 is 47.7. The van der Waals surface area contributed by atoms with Crippen LogP contribution in [0.1, 0.15) is 271 Å². The SMILES string of the molecule is CCCCCCCCCCCCCC/C=C\CCCCCCCCCCCCCCCC(=O)NC(COC1OC(CO)C(O)C(OS(=O)(=O)O)C1O)C(O)CCCCCCCCCCCCC. The Bertz CT molecular complexity index is 1240. The first-order valence-electron chi connectivity index (χ1n) is 28.1. The van der Waals surface area contributed by atoms with Gasteiger partial charge in [0.25, 0.3) is 0 Å². The molecule has 1 aliphatic heterocycles. The van der Waals surface area contributed by atoms with Gasteiger partial charge >= 0.3 is 10.4 Å². The topological polar surface area (TPSA) is 192 Å². The average Bonchev–Trinajstić information content (AvgIpc) is 3.30. The zero-order chi connectivity index (χ0) is 49.1. The molecule has 7 atom stereocenters. The van der Waals surface area contributed by atoms with Crippen LogP contribution in [0.25, 0.3) is 0 Å². The van der Waals surface area contributed by atoms with E-state index < -0.39 is 59.9 Å². The van der Waals surface area contributed by atoms with Gasteiger partial charge in [-0.1, -0.05) is 238 Å². The van der Waals surface area contributed by atoms with Crippen LogP contribution in [0.2, 0.25) is 0 Å². The molecule has 0 radical (unpaired) electrons. The van der Waals surface area contributed by atoms with Gasteiger partial charge in [-0.2, -0.15) is 8.42 Å². The highest BCUT2D eigenvalue weighted by Gasteiger charge is 2.48. The molecule has 7 unspecified atom stereocenters. The van der Waals surface area contributed by atoms with Gasteiger partial charge in [0.2, 0.25) is 5.91 Å². The van der Waals surface area contributed by atoms with E-state index in [1.165, 1.54) is 193 Å². The number of amides is 1. The summed E-state index contributed by atoms with van der Waals surface area (Å²) in [7, 11) is -5.07. The van der Waals surface area contributed by atoms with E-state index in [-0.39, 0.29) is 12.5 Å². The fourth-order valence-corrected chi connectivity index (χ4v) is 9.73. The monoisotopic (exact) mass is 976 g/mol. The fraction of sp³-hybridized carbons (Fsp3) is 0.944. The van der Waals surface area contributed by atoms with Crippen molar-refractivity contribution in [3.63, 3.8) is 0 Å². The summed E-state index contributed by atoms with van der Waals surface area (Å²) in [5, 5.41) is 44.9. The van der Waals surface area contributed by atoms with Crippen molar-refractivity contribution in [2.75, 3.05) is 13.2 Å². The van der Waals surface area contributed by atoms with Crippen LogP contribution in [0.4, 0.5) is 0 Å². The molecule has 0 aromatic rings. The van der Waals surface area contributed by atoms with Gasteiger partial charge in [-0.05, 0) is 38.5 Å². The van der Waals surface area contributed by atoms with Crippen LogP contribution >= 0.6 is 0 Å². The Kier molecular flexibility index (Phi) is 42.7. The molecule has 0 aliphatic carbocycles. The average molecular weight is 976 g/mol. The summed E-state index contributed by atoms with van der Waals surface area (Å²) in [6, 6.07) is -0.854. The standard InChI is InChI=1S/C54H105NO11S/c1-3-5-7-9-11-13-15-16-17-18-19-20-21-22-23-24-25-26-27-28-29-30-31-32-34-36-38-40-42-44-50(58)55-47(48(57)43-41-39-37-35-33-14-12-10-8-6-4-2)46-64-54-52(60)53(66-67(61,62)63)51(59)49(45-56)65-54/h22-23,47-49,51-54,56-57,59-60H,3-21,24-46H2,1-2H3,(H,55,58)(H,61,62,63)/b23-22-. The van der Waals surface area contributed by atoms with E-state index in [0.29, 0.717) is 12.8 Å². The molecule has 1 saturated heterocycles. The molecular formula is C54H105NO11S. The second-order valence-corrected chi connectivity index (χ2v) is 20.9. The van der Waals surface area contributed by atoms with E-state index >= 15 is 0 Å². The Morgan fingerprint density at radius 1 is 0.582 bits per heavy atom. The molecule has 0 spiro atoms. The molecule has 6 N–H and O–H groups in total. The number of nitrogens with one attached hydrogen (secondary N) is 1. The largest absolute Gasteiger partial charge is 0.397 e. The molecule has 0 aromatic carbocycles. The van der Waals surface area contributed by atoms with E-state index in [2.05, 4.69) is 35.5 Å². The van der Waals surface area contributed by atoms with Crippen LogP contribution in [-0.2, 0) is 28.9 Å². The third-order valence-electron chi connectivity index (χ3n) is 13.6. The van der Waals surface area contributed by atoms with Crippen molar-refractivity contribution < 1.29 is 51.8 Å². The maximum absolute atomic E-state index is 13.1. The summed E-state index contributed by atoms with van der Waals surface area (Å²) >= 11 is 0. The first-order chi connectivity index (χ1) is 32.5. The molecule has 0 saturated carbocycles. The van der Waals surface area contributed by atoms with E-state index in [0.717, 1.165) is 51.4 Å². The quantitative estimate of drug-likeness (QED) is 0.0193. The minimum absolute atomic E-state index is 0.227. The van der Waals surface area contributed by atoms with Gasteiger partial charge in [0.05, 0.1) is 25.4 Å². The lowest BCUT2D eigenvalue weighted by Gasteiger charge is -2.41. The molecule has 1 fully saturated rings. The number of hydrogen-bond donors (Lipinski definition) is 6. The molecule has 12 nitrogen and oxygen atoms in total. The second-order valence-electron chi connectivity index (χ2n) is 19.9. The molecule has 0 bridgehead atoms. The minimum atomic E-state index is -5.07. The first kappa shape index (κ1) is 63.9. The maximum atomic E-state index is 13.1. The highest BCUT2D eigenvalue weighted by atomic mass is 32.3. The Hall–Kier alpha value is -1.16. The Balaban J connectivity index is 2.25. The lowest BCUT2D eigenvalue weighted by atomic mass is 9.99. The summed E-state index contributed by atoms with van der Waals surface area (Å²) in [4.78, 5) is 13.1. The van der Waals surface area contributed by atoms with E-state index in [9.17, 15) is 38.2 Å². The number of hydrogen-bond acceptors (Lipinski definition) is 10. The summed E-state index contributed by atoms with van der Waals surface area (Å²) in [6.07, 6.45) is 43.8. The Morgan fingerprint density at radius 2 is 0.955 bits per heavy atom. The summed E-state index contributed by atoms with van der Waals surface area (Å²) in [6.45, 7) is 3.46.